The number of piperidine rings is 1. The molecule has 0 spiro atoms. The van der Waals surface area contributed by atoms with E-state index in [1.165, 1.54) is 30.4 Å². The largest absolute Gasteiger partial charge is 0.393 e. The Morgan fingerprint density at radius 2 is 2.08 bits per heavy atom. The van der Waals surface area contributed by atoms with E-state index in [0.717, 1.165) is 24.5 Å². The zero-order chi connectivity index (χ0) is 17.1. The second-order valence-electron chi connectivity index (χ2n) is 6.65. The van der Waals surface area contributed by atoms with Crippen molar-refractivity contribution < 1.29 is 0 Å². The third kappa shape index (κ3) is 3.30. The fraction of sp³-hybridized carbons (Fsp3) is 0.474. The number of anilines is 4. The lowest BCUT2D eigenvalue weighted by Crippen LogP contribution is -2.40. The molecular weight excluding hydrogens is 298 g/mol. The molecule has 1 aromatic carbocycles. The van der Waals surface area contributed by atoms with Crippen molar-refractivity contribution in [3.05, 3.63) is 35.7 Å². The zero-order valence-electron chi connectivity index (χ0n) is 14.8. The summed E-state index contributed by atoms with van der Waals surface area (Å²) in [7, 11) is 0. The second kappa shape index (κ2) is 7.07. The molecule has 5 nitrogen and oxygen atoms in total. The predicted octanol–water partition coefficient (Wildman–Crippen LogP) is 4.19. The van der Waals surface area contributed by atoms with Gasteiger partial charge < -0.3 is 16.0 Å². The summed E-state index contributed by atoms with van der Waals surface area (Å²) in [6.07, 6.45) is 6.41. The van der Waals surface area contributed by atoms with Gasteiger partial charge in [-0.25, -0.2) is 9.97 Å². The molecule has 1 aromatic heterocycles. The Bertz CT molecular complexity index is 713. The molecule has 2 aromatic rings. The Kier molecular flexibility index (Phi) is 4.88. The predicted molar refractivity (Wildman–Crippen MR) is 101 cm³/mol. The quantitative estimate of drug-likeness (QED) is 0.882. The van der Waals surface area contributed by atoms with E-state index in [0.29, 0.717) is 17.5 Å². The number of nitrogens with two attached hydrogens (primary N) is 1. The average molecular weight is 325 g/mol. The summed E-state index contributed by atoms with van der Waals surface area (Å²) < 4.78 is 0. The number of rotatable bonds is 4. The van der Waals surface area contributed by atoms with Crippen LogP contribution >= 0.6 is 0 Å². The molecule has 3 rings (SSSR count). The standard InChI is InChI=1S/C19H27N5/c1-4-15-7-5-6-10-24(15)19-17(20)18(21-12-22-19)23-16-11-13(2)8-9-14(16)3/h8-9,11-12,15H,4-7,10,20H2,1-3H3,(H,21,22,23). The number of aryl methyl sites for hydroxylation is 2. The molecule has 1 fully saturated rings. The Balaban J connectivity index is 1.92. The van der Waals surface area contributed by atoms with Crippen molar-refractivity contribution in [1.82, 2.24) is 9.97 Å². The van der Waals surface area contributed by atoms with Gasteiger partial charge >= 0.3 is 0 Å². The number of nitrogen functional groups attached to an aromatic ring is 1. The molecule has 5 heteroatoms. The van der Waals surface area contributed by atoms with Crippen molar-refractivity contribution in [3.63, 3.8) is 0 Å². The molecule has 0 radical (unpaired) electrons. The summed E-state index contributed by atoms with van der Waals surface area (Å²) in [5.74, 6) is 1.55. The molecular formula is C19H27N5. The summed E-state index contributed by atoms with van der Waals surface area (Å²) in [6, 6.07) is 6.85. The van der Waals surface area contributed by atoms with Gasteiger partial charge in [0.25, 0.3) is 0 Å². The van der Waals surface area contributed by atoms with E-state index >= 15 is 0 Å². The van der Waals surface area contributed by atoms with Crippen molar-refractivity contribution in [3.8, 4) is 0 Å². The van der Waals surface area contributed by atoms with Gasteiger partial charge in [0.1, 0.15) is 12.0 Å². The van der Waals surface area contributed by atoms with E-state index in [2.05, 4.69) is 59.2 Å². The molecule has 1 unspecified atom stereocenters. The van der Waals surface area contributed by atoms with E-state index in [4.69, 9.17) is 5.73 Å². The Morgan fingerprint density at radius 3 is 2.88 bits per heavy atom. The molecule has 0 saturated carbocycles. The zero-order valence-corrected chi connectivity index (χ0v) is 14.8. The first kappa shape index (κ1) is 16.6. The first-order chi connectivity index (χ1) is 11.6. The van der Waals surface area contributed by atoms with Gasteiger partial charge in [-0.15, -0.1) is 0 Å². The first-order valence-electron chi connectivity index (χ1n) is 8.81. The highest BCUT2D eigenvalue weighted by atomic mass is 15.2. The van der Waals surface area contributed by atoms with Gasteiger partial charge in [0.15, 0.2) is 11.6 Å². The Hall–Kier alpha value is -2.30. The van der Waals surface area contributed by atoms with Crippen molar-refractivity contribution in [2.24, 2.45) is 0 Å². The molecule has 1 atom stereocenters. The molecule has 1 aliphatic heterocycles. The van der Waals surface area contributed by atoms with Crippen molar-refractivity contribution in [2.45, 2.75) is 52.5 Å². The van der Waals surface area contributed by atoms with Gasteiger partial charge in [0.2, 0.25) is 0 Å². The lowest BCUT2D eigenvalue weighted by molar-refractivity contribution is 0.447. The summed E-state index contributed by atoms with van der Waals surface area (Å²) in [5, 5.41) is 3.39. The minimum Gasteiger partial charge on any atom is -0.393 e. The van der Waals surface area contributed by atoms with Gasteiger partial charge in [-0.05, 0) is 56.7 Å². The number of nitrogens with zero attached hydrogens (tertiary/aromatic N) is 3. The number of nitrogens with one attached hydrogen (secondary N) is 1. The monoisotopic (exact) mass is 325 g/mol. The first-order valence-corrected chi connectivity index (χ1v) is 8.81. The van der Waals surface area contributed by atoms with Gasteiger partial charge in [0.05, 0.1) is 0 Å². The van der Waals surface area contributed by atoms with Gasteiger partial charge in [-0.2, -0.15) is 0 Å². The molecule has 0 amide bonds. The van der Waals surface area contributed by atoms with Crippen LogP contribution in [0.4, 0.5) is 23.0 Å². The summed E-state index contributed by atoms with van der Waals surface area (Å²) in [4.78, 5) is 11.2. The summed E-state index contributed by atoms with van der Waals surface area (Å²) >= 11 is 0. The van der Waals surface area contributed by atoms with Crippen LogP contribution in [0, 0.1) is 13.8 Å². The maximum absolute atomic E-state index is 6.44. The van der Waals surface area contributed by atoms with Crippen LogP contribution < -0.4 is 16.0 Å². The SMILES string of the molecule is CCC1CCCCN1c1ncnc(Nc2cc(C)ccc2C)c1N. The van der Waals surface area contributed by atoms with E-state index in [1.807, 2.05) is 0 Å². The van der Waals surface area contributed by atoms with E-state index in [9.17, 15) is 0 Å². The molecule has 1 saturated heterocycles. The van der Waals surface area contributed by atoms with Crippen molar-refractivity contribution in [1.29, 1.82) is 0 Å². The third-order valence-corrected chi connectivity index (χ3v) is 4.88. The van der Waals surface area contributed by atoms with Crippen LogP contribution in [0.3, 0.4) is 0 Å². The minimum absolute atomic E-state index is 0.518. The summed E-state index contributed by atoms with van der Waals surface area (Å²) in [5.41, 5.74) is 10.5. The molecule has 2 heterocycles. The lowest BCUT2D eigenvalue weighted by Gasteiger charge is -2.36. The van der Waals surface area contributed by atoms with Crippen LogP contribution in [-0.4, -0.2) is 22.6 Å². The molecule has 3 N–H and O–H groups in total. The molecule has 128 valence electrons. The topological polar surface area (TPSA) is 67.1 Å². The van der Waals surface area contributed by atoms with E-state index in [-0.39, 0.29) is 0 Å². The molecule has 0 bridgehead atoms. The fourth-order valence-electron chi connectivity index (χ4n) is 3.42. The molecule has 24 heavy (non-hydrogen) atoms. The van der Waals surface area contributed by atoms with E-state index in [1.54, 1.807) is 6.33 Å². The normalized spacial score (nSPS) is 17.8. The van der Waals surface area contributed by atoms with Crippen LogP contribution in [0.1, 0.15) is 43.7 Å². The highest BCUT2D eigenvalue weighted by Crippen LogP contribution is 2.33. The molecule has 0 aliphatic carbocycles. The number of hydrogen-bond acceptors (Lipinski definition) is 5. The van der Waals surface area contributed by atoms with Crippen LogP contribution in [0.25, 0.3) is 0 Å². The van der Waals surface area contributed by atoms with Gasteiger partial charge in [-0.3, -0.25) is 0 Å². The highest BCUT2D eigenvalue weighted by Gasteiger charge is 2.25. The fourth-order valence-corrected chi connectivity index (χ4v) is 3.42. The average Bonchev–Trinajstić information content (AvgIpc) is 2.60. The smallest absolute Gasteiger partial charge is 0.159 e. The van der Waals surface area contributed by atoms with Crippen LogP contribution in [0.15, 0.2) is 24.5 Å². The number of hydrogen-bond donors (Lipinski definition) is 2. The van der Waals surface area contributed by atoms with Crippen molar-refractivity contribution in [2.75, 3.05) is 22.5 Å². The Morgan fingerprint density at radius 1 is 1.25 bits per heavy atom. The summed E-state index contributed by atoms with van der Waals surface area (Å²) in [6.45, 7) is 7.41. The minimum atomic E-state index is 0.518. The van der Waals surface area contributed by atoms with Crippen molar-refractivity contribution >= 4 is 23.0 Å². The van der Waals surface area contributed by atoms with Crippen LogP contribution in [0.2, 0.25) is 0 Å². The van der Waals surface area contributed by atoms with Crippen LogP contribution in [-0.2, 0) is 0 Å². The third-order valence-electron chi connectivity index (χ3n) is 4.88. The number of aromatic nitrogens is 2. The van der Waals surface area contributed by atoms with E-state index < -0.39 is 0 Å². The van der Waals surface area contributed by atoms with Gasteiger partial charge in [-0.1, -0.05) is 19.1 Å². The van der Waals surface area contributed by atoms with Crippen LogP contribution in [0.5, 0.6) is 0 Å². The maximum atomic E-state index is 6.44. The van der Waals surface area contributed by atoms with Gasteiger partial charge in [0, 0.05) is 18.3 Å². The highest BCUT2D eigenvalue weighted by molar-refractivity contribution is 5.79. The molecule has 1 aliphatic rings. The lowest BCUT2D eigenvalue weighted by atomic mass is 10.00. The second-order valence-corrected chi connectivity index (χ2v) is 6.65. The maximum Gasteiger partial charge on any atom is 0.159 e. The Labute approximate surface area is 144 Å². The number of benzene rings is 1.